The topological polar surface area (TPSA) is 27.7 Å². The highest BCUT2D eigenvalue weighted by molar-refractivity contribution is 6.87. The number of hydrogen-bond acceptors (Lipinski definition) is 3. The molecule has 20 heavy (non-hydrogen) atoms. The molecule has 0 aromatic heterocycles. The maximum absolute atomic E-state index is 6.55. The van der Waals surface area contributed by atoms with Crippen LogP contribution in [0.4, 0.5) is 0 Å². The molecule has 0 bridgehead atoms. The van der Waals surface area contributed by atoms with Gasteiger partial charge in [0.2, 0.25) is 8.32 Å². The summed E-state index contributed by atoms with van der Waals surface area (Å²) in [7, 11) is 0.961. The summed E-state index contributed by atoms with van der Waals surface area (Å²) in [5, 5.41) is 0. The summed E-state index contributed by atoms with van der Waals surface area (Å²) < 4.78 is 19.0. The van der Waals surface area contributed by atoms with Crippen LogP contribution in [-0.4, -0.2) is 70.2 Å². The van der Waals surface area contributed by atoms with E-state index in [2.05, 4.69) is 59.9 Å². The number of nitrogens with zero attached hydrogens (tertiary/aromatic N) is 1. The van der Waals surface area contributed by atoms with E-state index in [4.69, 9.17) is 13.0 Å². The molecule has 0 aromatic rings. The summed E-state index contributed by atoms with van der Waals surface area (Å²) in [6.45, 7) is 17.5. The second-order valence-corrected chi connectivity index (χ2v) is 20.8. The molecule has 0 unspecified atom stereocenters. The van der Waals surface area contributed by atoms with Crippen molar-refractivity contribution in [1.29, 1.82) is 0 Å². The Bertz CT molecular complexity index is 302. The third-order valence-electron chi connectivity index (χ3n) is 2.78. The fourth-order valence-electron chi connectivity index (χ4n) is 2.90. The van der Waals surface area contributed by atoms with E-state index in [0.717, 1.165) is 23.8 Å². The number of methoxy groups -OCH3 is 1. The van der Waals surface area contributed by atoms with Gasteiger partial charge in [0.1, 0.15) is 6.54 Å². The van der Waals surface area contributed by atoms with E-state index in [9.17, 15) is 0 Å². The highest BCUT2D eigenvalue weighted by Gasteiger charge is 2.41. The van der Waals surface area contributed by atoms with Gasteiger partial charge in [0.25, 0.3) is 0 Å². The Morgan fingerprint density at radius 1 is 0.850 bits per heavy atom. The fraction of sp³-hybridized carbons (Fsp3) is 1.00. The Hall–Kier alpha value is 0.491. The van der Waals surface area contributed by atoms with Crippen LogP contribution in [0.2, 0.25) is 45.8 Å². The summed E-state index contributed by atoms with van der Waals surface area (Å²) >= 11 is 0. The first kappa shape index (κ1) is 20.5. The lowest BCUT2D eigenvalue weighted by Crippen LogP contribution is -2.59. The standard InChI is InChI=1S/C13H36NO3Si3/c1-14(2,11-12-15-3)13-19(7,8)17-20(9,10)16-18(4,5)6/h11-13H2,1-10H3/q+1. The monoisotopic (exact) mass is 338 g/mol. The minimum atomic E-state index is -2.02. The molecule has 0 aromatic carbocycles. The van der Waals surface area contributed by atoms with Crippen molar-refractivity contribution < 1.29 is 17.5 Å². The van der Waals surface area contributed by atoms with Gasteiger partial charge >= 0.3 is 8.56 Å². The Morgan fingerprint density at radius 3 is 1.75 bits per heavy atom. The first-order valence-corrected chi connectivity index (χ1v) is 16.7. The van der Waals surface area contributed by atoms with E-state index < -0.39 is 25.2 Å². The molecule has 0 spiro atoms. The second-order valence-electron chi connectivity index (χ2n) is 8.29. The second kappa shape index (κ2) is 7.17. The molecule has 0 aliphatic carbocycles. The predicted molar refractivity (Wildman–Crippen MR) is 94.2 cm³/mol. The highest BCUT2D eigenvalue weighted by Crippen LogP contribution is 2.21. The molecular weight excluding hydrogens is 302 g/mol. The summed E-state index contributed by atoms with van der Waals surface area (Å²) in [4.78, 5) is 0. The van der Waals surface area contributed by atoms with E-state index in [-0.39, 0.29) is 0 Å². The first-order valence-electron chi connectivity index (χ1n) is 7.39. The molecule has 0 amide bonds. The van der Waals surface area contributed by atoms with Gasteiger partial charge in [0.05, 0.1) is 26.9 Å². The zero-order valence-corrected chi connectivity index (χ0v) is 18.3. The summed E-state index contributed by atoms with van der Waals surface area (Å²) in [5.41, 5.74) is 0. The van der Waals surface area contributed by atoms with Gasteiger partial charge in [-0.05, 0) is 45.8 Å². The summed E-state index contributed by atoms with van der Waals surface area (Å²) in [6, 6.07) is 0. The quantitative estimate of drug-likeness (QED) is 0.478. The van der Waals surface area contributed by atoms with Gasteiger partial charge in [-0.3, -0.25) is 0 Å². The van der Waals surface area contributed by atoms with Crippen molar-refractivity contribution in [2.45, 2.75) is 45.8 Å². The number of quaternary nitrogens is 1. The van der Waals surface area contributed by atoms with E-state index >= 15 is 0 Å². The molecule has 0 radical (unpaired) electrons. The van der Waals surface area contributed by atoms with Crippen LogP contribution in [0.25, 0.3) is 0 Å². The highest BCUT2D eigenvalue weighted by atomic mass is 28.5. The Morgan fingerprint density at radius 2 is 1.35 bits per heavy atom. The minimum Gasteiger partial charge on any atom is -0.437 e. The van der Waals surface area contributed by atoms with Crippen LogP contribution in [0.3, 0.4) is 0 Å². The van der Waals surface area contributed by atoms with Crippen LogP contribution < -0.4 is 0 Å². The van der Waals surface area contributed by atoms with Crippen LogP contribution in [0.1, 0.15) is 0 Å². The van der Waals surface area contributed by atoms with Crippen molar-refractivity contribution in [3.05, 3.63) is 0 Å². The molecule has 0 atom stereocenters. The van der Waals surface area contributed by atoms with Crippen LogP contribution >= 0.6 is 0 Å². The van der Waals surface area contributed by atoms with E-state index in [0.29, 0.717) is 0 Å². The van der Waals surface area contributed by atoms with Gasteiger partial charge < -0.3 is 17.5 Å². The van der Waals surface area contributed by atoms with Crippen molar-refractivity contribution in [3.8, 4) is 0 Å². The maximum Gasteiger partial charge on any atom is 0.311 e. The molecule has 0 aliphatic rings. The Balaban J connectivity index is 4.65. The largest absolute Gasteiger partial charge is 0.437 e. The first-order chi connectivity index (χ1) is 8.68. The van der Waals surface area contributed by atoms with Crippen molar-refractivity contribution in [1.82, 2.24) is 0 Å². The molecule has 4 nitrogen and oxygen atoms in total. The molecule has 0 heterocycles. The predicted octanol–water partition coefficient (Wildman–Crippen LogP) is 3.02. The molecule has 0 rings (SSSR count). The third-order valence-corrected chi connectivity index (χ3v) is 13.0. The number of ether oxygens (including phenoxy) is 1. The molecule has 0 N–H and O–H groups in total. The molecule has 0 fully saturated rings. The van der Waals surface area contributed by atoms with E-state index in [1.165, 1.54) is 0 Å². The van der Waals surface area contributed by atoms with Gasteiger partial charge in [0, 0.05) is 7.11 Å². The van der Waals surface area contributed by atoms with E-state index in [1.54, 1.807) is 7.11 Å². The zero-order valence-electron chi connectivity index (χ0n) is 15.3. The van der Waals surface area contributed by atoms with Gasteiger partial charge in [-0.15, -0.1) is 0 Å². The van der Waals surface area contributed by atoms with Crippen LogP contribution in [0.5, 0.6) is 0 Å². The maximum atomic E-state index is 6.55. The lowest BCUT2D eigenvalue weighted by molar-refractivity contribution is -0.881. The number of likely N-dealkylation sites (N-methyl/N-ethyl adjacent to an activating group) is 1. The summed E-state index contributed by atoms with van der Waals surface area (Å²) in [5.74, 6) is 0. The SMILES string of the molecule is COCC[N+](C)(C)C[Si](C)(C)O[Si](C)(C)O[Si](C)(C)C. The van der Waals surface area contributed by atoms with Gasteiger partial charge in [0.15, 0.2) is 8.32 Å². The lowest BCUT2D eigenvalue weighted by Gasteiger charge is -2.41. The number of hydrogen-bond donors (Lipinski definition) is 0. The average Bonchev–Trinajstić information content (AvgIpc) is 2.05. The third kappa shape index (κ3) is 10.3. The fourth-order valence-corrected chi connectivity index (χ4v) is 17.1. The van der Waals surface area contributed by atoms with Crippen molar-refractivity contribution in [2.75, 3.05) is 40.5 Å². The van der Waals surface area contributed by atoms with Gasteiger partial charge in [-0.2, -0.15) is 0 Å². The molecule has 0 saturated carbocycles. The lowest BCUT2D eigenvalue weighted by atomic mass is 10.5. The van der Waals surface area contributed by atoms with Crippen LogP contribution in [-0.2, 0) is 13.0 Å². The van der Waals surface area contributed by atoms with Gasteiger partial charge in [-0.25, -0.2) is 0 Å². The van der Waals surface area contributed by atoms with Crippen LogP contribution in [0.15, 0.2) is 0 Å². The number of rotatable bonds is 9. The molecule has 7 heteroatoms. The van der Waals surface area contributed by atoms with Crippen molar-refractivity contribution in [3.63, 3.8) is 0 Å². The van der Waals surface area contributed by atoms with Crippen molar-refractivity contribution >= 4 is 25.2 Å². The van der Waals surface area contributed by atoms with Crippen LogP contribution in [0, 0.1) is 0 Å². The molecular formula is C13H36NO3Si3+. The molecule has 122 valence electrons. The van der Waals surface area contributed by atoms with Gasteiger partial charge in [-0.1, -0.05) is 0 Å². The minimum absolute atomic E-state index is 0.795. The summed E-state index contributed by atoms with van der Waals surface area (Å²) in [6.07, 6.45) is 1.09. The molecule has 0 aliphatic heterocycles. The van der Waals surface area contributed by atoms with E-state index in [1.807, 2.05) is 0 Å². The Labute approximate surface area is 129 Å². The zero-order chi connectivity index (χ0) is 16.2. The van der Waals surface area contributed by atoms with Crippen molar-refractivity contribution in [2.24, 2.45) is 0 Å². The normalized spacial score (nSPS) is 14.7. The molecule has 0 saturated heterocycles. The average molecular weight is 339 g/mol. The smallest absolute Gasteiger partial charge is 0.311 e. The Kier molecular flexibility index (Phi) is 7.34.